The second-order valence-electron chi connectivity index (χ2n) is 9.12. The van der Waals surface area contributed by atoms with Crippen LogP contribution < -0.4 is 20.1 Å². The van der Waals surface area contributed by atoms with Crippen molar-refractivity contribution in [2.24, 2.45) is 0 Å². The van der Waals surface area contributed by atoms with Crippen molar-refractivity contribution in [1.29, 1.82) is 0 Å². The molecule has 2 N–H and O–H groups in total. The monoisotopic (exact) mass is 531 g/mol. The summed E-state index contributed by atoms with van der Waals surface area (Å²) in [5.41, 5.74) is 1.08. The lowest BCUT2D eigenvalue weighted by atomic mass is 9.95. The van der Waals surface area contributed by atoms with E-state index in [1.807, 2.05) is 0 Å². The van der Waals surface area contributed by atoms with Crippen molar-refractivity contribution in [1.82, 2.24) is 10.2 Å². The van der Waals surface area contributed by atoms with Crippen molar-refractivity contribution in [2.45, 2.75) is 44.7 Å². The Labute approximate surface area is 217 Å². The van der Waals surface area contributed by atoms with Gasteiger partial charge in [0.1, 0.15) is 17.3 Å². The summed E-state index contributed by atoms with van der Waals surface area (Å²) >= 11 is 0. The molecule has 0 aromatic heterocycles. The fourth-order valence-electron chi connectivity index (χ4n) is 4.33. The number of fused-ring (bicyclic) bond motifs is 1. The molecule has 4 rings (SSSR count). The van der Waals surface area contributed by atoms with Crippen LogP contribution in [-0.2, 0) is 31.7 Å². The quantitative estimate of drug-likeness (QED) is 0.487. The lowest BCUT2D eigenvalue weighted by Gasteiger charge is -2.26. The Kier molecular flexibility index (Phi) is 9.10. The Morgan fingerprint density at radius 3 is 2.43 bits per heavy atom. The van der Waals surface area contributed by atoms with Crippen molar-refractivity contribution >= 4 is 34.2 Å². The van der Waals surface area contributed by atoms with E-state index in [1.54, 1.807) is 18.2 Å². The maximum absolute atomic E-state index is 13.3. The number of carbonyl (C=O) groups excluding carboxylic acids is 3. The number of amides is 3. The van der Waals surface area contributed by atoms with E-state index >= 15 is 0 Å². The zero-order valence-corrected chi connectivity index (χ0v) is 21.2. The first-order chi connectivity index (χ1) is 17.9. The third-order valence-corrected chi connectivity index (χ3v) is 7.33. The van der Waals surface area contributed by atoms with E-state index in [4.69, 9.17) is 9.47 Å². The normalized spacial score (nSPS) is 15.6. The zero-order valence-electron chi connectivity index (χ0n) is 20.4. The number of rotatable bonds is 10. The summed E-state index contributed by atoms with van der Waals surface area (Å²) in [5.74, 6) is -1.51. The number of benzene rings is 2. The lowest BCUT2D eigenvalue weighted by Crippen LogP contribution is -2.45. The number of nitrogens with zero attached hydrogens (tertiary/aromatic N) is 1. The number of carbonyl (C=O) groups is 3. The summed E-state index contributed by atoms with van der Waals surface area (Å²) in [6.07, 6.45) is 5.06. The van der Waals surface area contributed by atoms with E-state index in [1.165, 1.54) is 29.2 Å². The molecule has 0 bridgehead atoms. The molecular formula is C26H30FN3O6S. The predicted molar refractivity (Wildman–Crippen MR) is 136 cm³/mol. The summed E-state index contributed by atoms with van der Waals surface area (Å²) < 4.78 is 36.5. The van der Waals surface area contributed by atoms with Gasteiger partial charge in [0.2, 0.25) is 24.5 Å². The third kappa shape index (κ3) is 8.01. The van der Waals surface area contributed by atoms with Gasteiger partial charge in [-0.25, -0.2) is 4.39 Å². The van der Waals surface area contributed by atoms with E-state index in [0.29, 0.717) is 22.7 Å². The second-order valence-corrected chi connectivity index (χ2v) is 10.6. The SMILES string of the molecule is O=C(C[S@](=O)CC(=O)N(CC(=O)NC1CCCCC1)Cc1ccc(F)cc1)Nc1ccc2c(c1)OCO2. The molecule has 1 fully saturated rings. The molecule has 11 heteroatoms. The first-order valence-electron chi connectivity index (χ1n) is 12.2. The summed E-state index contributed by atoms with van der Waals surface area (Å²) in [6, 6.07) is 10.6. The van der Waals surface area contributed by atoms with Gasteiger partial charge >= 0.3 is 0 Å². The number of halogens is 1. The van der Waals surface area contributed by atoms with Gasteiger partial charge in [0.05, 0.1) is 6.54 Å². The van der Waals surface area contributed by atoms with Crippen molar-refractivity contribution in [3.05, 3.63) is 53.8 Å². The fourth-order valence-corrected chi connectivity index (χ4v) is 5.26. The molecule has 2 aliphatic rings. The summed E-state index contributed by atoms with van der Waals surface area (Å²) in [4.78, 5) is 39.4. The van der Waals surface area contributed by atoms with Gasteiger partial charge in [0.25, 0.3) is 0 Å². The van der Waals surface area contributed by atoms with Crippen LogP contribution in [0, 0.1) is 5.82 Å². The molecule has 2 aromatic rings. The molecule has 0 spiro atoms. The molecule has 0 unspecified atom stereocenters. The summed E-state index contributed by atoms with van der Waals surface area (Å²) in [6.45, 7) is -0.0585. The highest BCUT2D eigenvalue weighted by molar-refractivity contribution is 7.86. The van der Waals surface area contributed by atoms with Gasteiger partial charge in [-0.2, -0.15) is 0 Å². The topological polar surface area (TPSA) is 114 Å². The Hall–Kier alpha value is -3.47. The molecule has 1 aliphatic heterocycles. The number of hydrogen-bond donors (Lipinski definition) is 2. The van der Waals surface area contributed by atoms with E-state index in [9.17, 15) is 23.0 Å². The van der Waals surface area contributed by atoms with Crippen LogP contribution >= 0.6 is 0 Å². The molecule has 37 heavy (non-hydrogen) atoms. The molecule has 0 saturated heterocycles. The van der Waals surface area contributed by atoms with Gasteiger partial charge < -0.3 is 25.0 Å². The van der Waals surface area contributed by atoms with E-state index in [0.717, 1.165) is 32.1 Å². The highest BCUT2D eigenvalue weighted by Gasteiger charge is 2.23. The van der Waals surface area contributed by atoms with Crippen LogP contribution in [0.3, 0.4) is 0 Å². The maximum Gasteiger partial charge on any atom is 0.239 e. The van der Waals surface area contributed by atoms with Crippen LogP contribution in [0.2, 0.25) is 0 Å². The molecule has 1 atom stereocenters. The predicted octanol–water partition coefficient (Wildman–Crippen LogP) is 2.72. The minimum atomic E-state index is -1.81. The van der Waals surface area contributed by atoms with Gasteiger partial charge in [-0.15, -0.1) is 0 Å². The van der Waals surface area contributed by atoms with Gasteiger partial charge in [0, 0.05) is 35.1 Å². The second kappa shape index (κ2) is 12.7. The van der Waals surface area contributed by atoms with Crippen LogP contribution in [0.15, 0.2) is 42.5 Å². The molecule has 1 saturated carbocycles. The Morgan fingerprint density at radius 2 is 1.68 bits per heavy atom. The largest absolute Gasteiger partial charge is 0.454 e. The average molecular weight is 532 g/mol. The molecule has 198 valence electrons. The smallest absolute Gasteiger partial charge is 0.239 e. The first kappa shape index (κ1) is 26.6. The van der Waals surface area contributed by atoms with Gasteiger partial charge in [-0.3, -0.25) is 18.6 Å². The third-order valence-electron chi connectivity index (χ3n) is 6.18. The average Bonchev–Trinajstić information content (AvgIpc) is 3.33. The first-order valence-corrected chi connectivity index (χ1v) is 13.7. The van der Waals surface area contributed by atoms with Crippen LogP contribution in [0.25, 0.3) is 0 Å². The minimum Gasteiger partial charge on any atom is -0.454 e. The number of nitrogens with one attached hydrogen (secondary N) is 2. The molecule has 2 aromatic carbocycles. The molecule has 1 heterocycles. The maximum atomic E-state index is 13.3. The number of ether oxygens (including phenoxy) is 2. The zero-order chi connectivity index (χ0) is 26.2. The molecule has 3 amide bonds. The molecule has 0 radical (unpaired) electrons. The van der Waals surface area contributed by atoms with E-state index in [2.05, 4.69) is 10.6 Å². The van der Waals surface area contributed by atoms with Gasteiger partial charge in [0.15, 0.2) is 11.5 Å². The van der Waals surface area contributed by atoms with Gasteiger partial charge in [-0.1, -0.05) is 31.4 Å². The standard InChI is InChI=1S/C26H30FN3O6S/c27-19-8-6-18(7-9-19)13-30(14-24(31)28-20-4-2-1-3-5-20)26(33)16-37(34)15-25(32)29-21-10-11-22-23(12-21)36-17-35-22/h6-12,20H,1-5,13-17H2,(H,28,31)(H,29,32)/t37-/m0/s1. The lowest BCUT2D eigenvalue weighted by molar-refractivity contribution is -0.135. The van der Waals surface area contributed by atoms with Crippen LogP contribution in [0.1, 0.15) is 37.7 Å². The highest BCUT2D eigenvalue weighted by atomic mass is 32.2. The number of hydrogen-bond acceptors (Lipinski definition) is 6. The van der Waals surface area contributed by atoms with Crippen molar-refractivity contribution in [3.8, 4) is 11.5 Å². The minimum absolute atomic E-state index is 0.0534. The summed E-state index contributed by atoms with van der Waals surface area (Å²) in [5, 5.41) is 5.61. The molecule has 1 aliphatic carbocycles. The molecule has 9 nitrogen and oxygen atoms in total. The van der Waals surface area contributed by atoms with Crippen molar-refractivity contribution in [2.75, 3.05) is 30.2 Å². The highest BCUT2D eigenvalue weighted by Crippen LogP contribution is 2.34. The number of anilines is 1. The van der Waals surface area contributed by atoms with Crippen LogP contribution in [0.5, 0.6) is 11.5 Å². The Bertz CT molecular complexity index is 1150. The summed E-state index contributed by atoms with van der Waals surface area (Å²) in [7, 11) is -1.81. The van der Waals surface area contributed by atoms with E-state index < -0.39 is 39.9 Å². The van der Waals surface area contributed by atoms with Crippen molar-refractivity contribution < 1.29 is 32.5 Å². The van der Waals surface area contributed by atoms with Crippen LogP contribution in [-0.4, -0.2) is 57.7 Å². The molecular weight excluding hydrogens is 501 g/mol. The fraction of sp³-hybridized carbons (Fsp3) is 0.423. The van der Waals surface area contributed by atoms with Gasteiger partial charge in [-0.05, 0) is 42.7 Å². The van der Waals surface area contributed by atoms with E-state index in [-0.39, 0.29) is 31.8 Å². The Balaban J connectivity index is 1.33. The van der Waals surface area contributed by atoms with Crippen molar-refractivity contribution in [3.63, 3.8) is 0 Å². The Morgan fingerprint density at radius 1 is 0.946 bits per heavy atom. The van der Waals surface area contributed by atoms with Crippen LogP contribution in [0.4, 0.5) is 10.1 Å².